The van der Waals surface area contributed by atoms with Crippen molar-refractivity contribution < 1.29 is 4.79 Å². The fourth-order valence-electron chi connectivity index (χ4n) is 1.51. The van der Waals surface area contributed by atoms with E-state index in [9.17, 15) is 4.79 Å². The van der Waals surface area contributed by atoms with Gasteiger partial charge in [-0.3, -0.25) is 4.79 Å². The molecule has 3 N–H and O–H groups in total. The van der Waals surface area contributed by atoms with Crippen LogP contribution in [0.25, 0.3) is 0 Å². The van der Waals surface area contributed by atoms with E-state index in [4.69, 9.17) is 5.73 Å². The molecule has 1 aromatic carbocycles. The number of carbonyl (C=O) groups is 1. The summed E-state index contributed by atoms with van der Waals surface area (Å²) < 4.78 is 0. The molecular formula is C13H23Cl2N3O. The van der Waals surface area contributed by atoms with E-state index < -0.39 is 6.04 Å². The van der Waals surface area contributed by atoms with Crippen LogP contribution in [0.4, 0.5) is 0 Å². The molecule has 0 unspecified atom stereocenters. The van der Waals surface area contributed by atoms with Crippen LogP contribution in [0.15, 0.2) is 30.3 Å². The summed E-state index contributed by atoms with van der Waals surface area (Å²) in [6, 6.07) is 9.82. The molecule has 0 heterocycles. The Balaban J connectivity index is 0. The minimum Gasteiger partial charge on any atom is -0.353 e. The SMILES string of the molecule is C[C@@H](N)C(=O)NCCN(C)Cc1ccccc1.Cl.Cl. The van der Waals surface area contributed by atoms with Gasteiger partial charge in [-0.2, -0.15) is 0 Å². The fraction of sp³-hybridized carbons (Fsp3) is 0.462. The van der Waals surface area contributed by atoms with Crippen molar-refractivity contribution in [1.29, 1.82) is 0 Å². The van der Waals surface area contributed by atoms with Crippen LogP contribution >= 0.6 is 24.8 Å². The van der Waals surface area contributed by atoms with Gasteiger partial charge in [-0.15, -0.1) is 24.8 Å². The number of rotatable bonds is 6. The van der Waals surface area contributed by atoms with Crippen LogP contribution < -0.4 is 11.1 Å². The molecule has 1 atom stereocenters. The van der Waals surface area contributed by atoms with Crippen molar-refractivity contribution in [2.24, 2.45) is 5.73 Å². The maximum Gasteiger partial charge on any atom is 0.236 e. The van der Waals surface area contributed by atoms with Crippen LogP contribution in [0.1, 0.15) is 12.5 Å². The highest BCUT2D eigenvalue weighted by Crippen LogP contribution is 2.01. The van der Waals surface area contributed by atoms with Crippen LogP contribution in [-0.2, 0) is 11.3 Å². The first-order valence-electron chi connectivity index (χ1n) is 5.85. The smallest absolute Gasteiger partial charge is 0.236 e. The molecule has 0 radical (unpaired) electrons. The summed E-state index contributed by atoms with van der Waals surface area (Å²) in [6.07, 6.45) is 0. The molecule has 4 nitrogen and oxygen atoms in total. The number of nitrogens with zero attached hydrogens (tertiary/aromatic N) is 1. The highest BCUT2D eigenvalue weighted by atomic mass is 35.5. The van der Waals surface area contributed by atoms with Crippen molar-refractivity contribution in [3.8, 4) is 0 Å². The van der Waals surface area contributed by atoms with E-state index in [2.05, 4.69) is 22.3 Å². The largest absolute Gasteiger partial charge is 0.353 e. The van der Waals surface area contributed by atoms with Gasteiger partial charge in [-0.25, -0.2) is 0 Å². The number of carbonyl (C=O) groups excluding carboxylic acids is 1. The maximum absolute atomic E-state index is 11.2. The lowest BCUT2D eigenvalue weighted by molar-refractivity contribution is -0.122. The first-order valence-corrected chi connectivity index (χ1v) is 5.85. The summed E-state index contributed by atoms with van der Waals surface area (Å²) >= 11 is 0. The highest BCUT2D eigenvalue weighted by molar-refractivity contribution is 5.85. The molecule has 0 aliphatic rings. The summed E-state index contributed by atoms with van der Waals surface area (Å²) in [5.41, 5.74) is 6.72. The van der Waals surface area contributed by atoms with Crippen molar-refractivity contribution in [2.75, 3.05) is 20.1 Å². The number of amides is 1. The Labute approximate surface area is 127 Å². The number of benzene rings is 1. The lowest BCUT2D eigenvalue weighted by Gasteiger charge is -2.17. The molecule has 19 heavy (non-hydrogen) atoms. The second-order valence-electron chi connectivity index (χ2n) is 4.30. The standard InChI is InChI=1S/C13H21N3O.2ClH/c1-11(14)13(17)15-8-9-16(2)10-12-6-4-3-5-7-12;;/h3-7,11H,8-10,14H2,1-2H3,(H,15,17);2*1H/t11-;;/m1../s1. The third-order valence-electron chi connectivity index (χ3n) is 2.50. The summed E-state index contributed by atoms with van der Waals surface area (Å²) in [4.78, 5) is 13.4. The average molecular weight is 308 g/mol. The molecule has 110 valence electrons. The van der Waals surface area contributed by atoms with Gasteiger partial charge in [-0.05, 0) is 19.5 Å². The van der Waals surface area contributed by atoms with E-state index in [1.165, 1.54) is 5.56 Å². The van der Waals surface area contributed by atoms with Crippen molar-refractivity contribution in [1.82, 2.24) is 10.2 Å². The molecule has 0 bridgehead atoms. The average Bonchev–Trinajstić information content (AvgIpc) is 2.30. The second kappa shape index (κ2) is 11.1. The number of likely N-dealkylation sites (N-methyl/N-ethyl adjacent to an activating group) is 1. The normalized spacial score (nSPS) is 11.2. The second-order valence-corrected chi connectivity index (χ2v) is 4.30. The molecule has 0 aromatic heterocycles. The number of nitrogens with one attached hydrogen (secondary N) is 1. The Kier molecular flexibility index (Phi) is 11.9. The molecule has 0 aliphatic heterocycles. The van der Waals surface area contributed by atoms with E-state index >= 15 is 0 Å². The molecule has 6 heteroatoms. The topological polar surface area (TPSA) is 58.4 Å². The zero-order valence-corrected chi connectivity index (χ0v) is 13.0. The lowest BCUT2D eigenvalue weighted by atomic mass is 10.2. The molecule has 0 fully saturated rings. The van der Waals surface area contributed by atoms with Crippen LogP contribution in [0.2, 0.25) is 0 Å². The van der Waals surface area contributed by atoms with E-state index in [1.54, 1.807) is 6.92 Å². The fourth-order valence-corrected chi connectivity index (χ4v) is 1.51. The Bertz CT molecular complexity index is 347. The molecule has 0 aliphatic carbocycles. The van der Waals surface area contributed by atoms with E-state index in [1.807, 2.05) is 25.2 Å². The van der Waals surface area contributed by atoms with Crippen molar-refractivity contribution in [3.63, 3.8) is 0 Å². The molecule has 1 aromatic rings. The number of hydrogen-bond donors (Lipinski definition) is 2. The third kappa shape index (κ3) is 8.83. The number of hydrogen-bond acceptors (Lipinski definition) is 3. The highest BCUT2D eigenvalue weighted by Gasteiger charge is 2.06. The van der Waals surface area contributed by atoms with Crippen molar-refractivity contribution >= 4 is 30.7 Å². The molecule has 0 saturated heterocycles. The van der Waals surface area contributed by atoms with Crippen LogP contribution in [0, 0.1) is 0 Å². The molecule has 0 saturated carbocycles. The predicted octanol–water partition coefficient (Wildman–Crippen LogP) is 1.43. The molecule has 0 spiro atoms. The van der Waals surface area contributed by atoms with E-state index in [0.717, 1.165) is 13.1 Å². The van der Waals surface area contributed by atoms with Crippen LogP contribution in [0.3, 0.4) is 0 Å². The van der Waals surface area contributed by atoms with Gasteiger partial charge in [0.05, 0.1) is 6.04 Å². The van der Waals surface area contributed by atoms with Crippen molar-refractivity contribution in [3.05, 3.63) is 35.9 Å². The zero-order valence-electron chi connectivity index (χ0n) is 11.3. The Hall–Kier alpha value is -0.810. The van der Waals surface area contributed by atoms with Gasteiger partial charge in [0.2, 0.25) is 5.91 Å². The maximum atomic E-state index is 11.2. The first-order chi connectivity index (χ1) is 8.09. The van der Waals surface area contributed by atoms with Gasteiger partial charge in [0.15, 0.2) is 0 Å². The Morgan fingerprint density at radius 1 is 1.32 bits per heavy atom. The van der Waals surface area contributed by atoms with Gasteiger partial charge in [0.1, 0.15) is 0 Å². The molecule has 1 amide bonds. The summed E-state index contributed by atoms with van der Waals surface area (Å²) in [7, 11) is 2.03. The Morgan fingerprint density at radius 3 is 2.42 bits per heavy atom. The van der Waals surface area contributed by atoms with Crippen LogP contribution in [-0.4, -0.2) is 37.0 Å². The quantitative estimate of drug-likeness (QED) is 0.836. The first kappa shape index (κ1) is 20.5. The van der Waals surface area contributed by atoms with Gasteiger partial charge in [-0.1, -0.05) is 30.3 Å². The van der Waals surface area contributed by atoms with E-state index in [-0.39, 0.29) is 30.7 Å². The van der Waals surface area contributed by atoms with Gasteiger partial charge in [0.25, 0.3) is 0 Å². The minimum absolute atomic E-state index is 0. The number of nitrogens with two attached hydrogens (primary N) is 1. The van der Waals surface area contributed by atoms with Crippen molar-refractivity contribution in [2.45, 2.75) is 19.5 Å². The van der Waals surface area contributed by atoms with Crippen LogP contribution in [0.5, 0.6) is 0 Å². The summed E-state index contributed by atoms with van der Waals surface area (Å²) in [5, 5.41) is 2.79. The number of halogens is 2. The third-order valence-corrected chi connectivity index (χ3v) is 2.50. The monoisotopic (exact) mass is 307 g/mol. The van der Waals surface area contributed by atoms with E-state index in [0.29, 0.717) is 6.54 Å². The Morgan fingerprint density at radius 2 is 1.89 bits per heavy atom. The van der Waals surface area contributed by atoms with Gasteiger partial charge >= 0.3 is 0 Å². The molecular weight excluding hydrogens is 285 g/mol. The zero-order chi connectivity index (χ0) is 12.7. The molecule has 1 rings (SSSR count). The summed E-state index contributed by atoms with van der Waals surface area (Å²) in [6.45, 7) is 4.01. The lowest BCUT2D eigenvalue weighted by Crippen LogP contribution is -2.41. The van der Waals surface area contributed by atoms with Gasteiger partial charge in [0, 0.05) is 19.6 Å². The predicted molar refractivity (Wildman–Crippen MR) is 83.9 cm³/mol. The summed E-state index contributed by atoms with van der Waals surface area (Å²) in [5.74, 6) is -0.0990. The minimum atomic E-state index is -0.436. The van der Waals surface area contributed by atoms with Gasteiger partial charge < -0.3 is 16.0 Å².